The topological polar surface area (TPSA) is 140 Å². The molecule has 0 unspecified atom stereocenters. The molecular weight excluding hydrogens is 583 g/mol. The number of nitrogens with zero attached hydrogens (tertiary/aromatic N) is 4. The number of halogens is 2. The molecular formula is C29H28Cl2N6O5. The molecule has 3 heterocycles. The van der Waals surface area contributed by atoms with Crippen LogP contribution in [0.25, 0.3) is 22.4 Å². The lowest BCUT2D eigenvalue weighted by Crippen LogP contribution is -2.46. The summed E-state index contributed by atoms with van der Waals surface area (Å²) in [4.78, 5) is 33.6. The average molecular weight is 611 g/mol. The molecule has 3 N–H and O–H groups in total. The van der Waals surface area contributed by atoms with Gasteiger partial charge in [0.25, 0.3) is 11.5 Å². The molecule has 1 fully saturated rings. The summed E-state index contributed by atoms with van der Waals surface area (Å²) in [7, 11) is 2.98. The van der Waals surface area contributed by atoms with Gasteiger partial charge in [-0.1, -0.05) is 59.6 Å². The Balaban J connectivity index is 1.41. The molecule has 4 aromatic rings. The summed E-state index contributed by atoms with van der Waals surface area (Å²) < 4.78 is 11.9. The third-order valence-corrected chi connectivity index (χ3v) is 7.76. The Labute approximate surface area is 251 Å². The van der Waals surface area contributed by atoms with Gasteiger partial charge in [0.2, 0.25) is 5.88 Å². The van der Waals surface area contributed by atoms with Crippen molar-refractivity contribution in [2.45, 2.75) is 25.1 Å². The lowest BCUT2D eigenvalue weighted by molar-refractivity contribution is -0.0281. The van der Waals surface area contributed by atoms with Crippen molar-refractivity contribution >= 4 is 34.8 Å². The van der Waals surface area contributed by atoms with Crippen molar-refractivity contribution in [1.82, 2.24) is 25.1 Å². The zero-order valence-corrected chi connectivity index (χ0v) is 24.3. The highest BCUT2D eigenvalue weighted by atomic mass is 35.5. The third-order valence-electron chi connectivity index (χ3n) is 6.95. The van der Waals surface area contributed by atoms with Crippen LogP contribution in [0, 0.1) is 0 Å². The highest BCUT2D eigenvalue weighted by molar-refractivity contribution is 6.39. The van der Waals surface area contributed by atoms with Crippen molar-refractivity contribution in [2.75, 3.05) is 25.6 Å². The van der Waals surface area contributed by atoms with Crippen molar-refractivity contribution in [3.8, 4) is 28.3 Å². The van der Waals surface area contributed by atoms with Crippen LogP contribution in [0.15, 0.2) is 59.7 Å². The van der Waals surface area contributed by atoms with E-state index in [2.05, 4.69) is 20.7 Å². The number of carbonyl (C=O) groups is 1. The number of aliphatic hydroxyl groups is 1. The maximum atomic E-state index is 12.8. The standard InChI is InChI=1S/C29H28Cl2N6O5/c1-37-29(40)26(33-15-34-37)27(39)35-22-8-4-6-18(25(22)31)17-5-3-7-19(24(17)30)20-10-9-16(28(36-20)41-2)13-32-21-11-12-42-14-23(21)38/h3-10,15,21,23,32,38H,11-14H2,1-2H3,(H,35,39)/t21-,23-/m1/s1. The molecule has 11 nitrogen and oxygen atoms in total. The molecule has 1 aliphatic heterocycles. The minimum atomic E-state index is -0.714. The summed E-state index contributed by atoms with van der Waals surface area (Å²) in [5, 5.41) is 20.6. The molecule has 13 heteroatoms. The summed E-state index contributed by atoms with van der Waals surface area (Å²) in [5.41, 5.74) is 2.61. The summed E-state index contributed by atoms with van der Waals surface area (Å²) >= 11 is 13.7. The maximum absolute atomic E-state index is 12.8. The van der Waals surface area contributed by atoms with Crippen LogP contribution in [0.5, 0.6) is 5.88 Å². The molecule has 1 saturated heterocycles. The number of rotatable bonds is 8. The quantitative estimate of drug-likeness (QED) is 0.272. The molecule has 2 atom stereocenters. The number of aryl methyl sites for hydroxylation is 1. The molecule has 0 saturated carbocycles. The lowest BCUT2D eigenvalue weighted by atomic mass is 10.00. The number of carbonyl (C=O) groups excluding carboxylic acids is 1. The van der Waals surface area contributed by atoms with Crippen LogP contribution in [-0.4, -0.2) is 63.2 Å². The second kappa shape index (κ2) is 13.0. The second-order valence-electron chi connectivity index (χ2n) is 9.61. The van der Waals surface area contributed by atoms with Crippen LogP contribution in [-0.2, 0) is 18.3 Å². The van der Waals surface area contributed by atoms with E-state index in [1.165, 1.54) is 7.05 Å². The van der Waals surface area contributed by atoms with Crippen LogP contribution in [0.2, 0.25) is 10.0 Å². The number of hydrogen-bond acceptors (Lipinski definition) is 9. The van der Waals surface area contributed by atoms with E-state index in [9.17, 15) is 14.7 Å². The fraction of sp³-hybridized carbons (Fsp3) is 0.276. The van der Waals surface area contributed by atoms with E-state index in [1.807, 2.05) is 30.3 Å². The molecule has 1 amide bonds. The number of ether oxygens (including phenoxy) is 2. The van der Waals surface area contributed by atoms with Gasteiger partial charge in [-0.05, 0) is 18.6 Å². The minimum absolute atomic E-state index is 0.0779. The Bertz CT molecular complexity index is 1680. The Kier molecular flexibility index (Phi) is 9.15. The number of aliphatic hydroxyl groups excluding tert-OH is 1. The van der Waals surface area contributed by atoms with Gasteiger partial charge in [0.05, 0.1) is 41.2 Å². The highest BCUT2D eigenvalue weighted by Crippen LogP contribution is 2.41. The van der Waals surface area contributed by atoms with Crippen LogP contribution in [0.1, 0.15) is 22.5 Å². The van der Waals surface area contributed by atoms with Crippen LogP contribution < -0.4 is 20.9 Å². The van der Waals surface area contributed by atoms with Gasteiger partial charge in [0.15, 0.2) is 5.69 Å². The van der Waals surface area contributed by atoms with Crippen molar-refractivity contribution in [3.63, 3.8) is 0 Å². The van der Waals surface area contributed by atoms with E-state index < -0.39 is 17.6 Å². The summed E-state index contributed by atoms with van der Waals surface area (Å²) in [6.07, 6.45) is 1.27. The number of benzene rings is 2. The Morgan fingerprint density at radius 2 is 1.86 bits per heavy atom. The number of hydrogen-bond donors (Lipinski definition) is 3. The Hall–Kier alpha value is -3.87. The number of methoxy groups -OCH3 is 1. The first-order valence-corrected chi connectivity index (χ1v) is 13.8. The molecule has 0 bridgehead atoms. The van der Waals surface area contributed by atoms with E-state index >= 15 is 0 Å². The fourth-order valence-electron chi connectivity index (χ4n) is 4.67. The zero-order valence-electron chi connectivity index (χ0n) is 22.8. The first-order chi connectivity index (χ1) is 20.3. The number of nitrogens with one attached hydrogen (secondary N) is 2. The molecule has 0 radical (unpaired) electrons. The monoisotopic (exact) mass is 610 g/mol. The molecule has 0 spiro atoms. The Morgan fingerprint density at radius 3 is 2.62 bits per heavy atom. The van der Waals surface area contributed by atoms with Gasteiger partial charge in [-0.25, -0.2) is 14.6 Å². The zero-order chi connectivity index (χ0) is 29.8. The van der Waals surface area contributed by atoms with E-state index in [-0.39, 0.29) is 22.4 Å². The molecule has 218 valence electrons. The Morgan fingerprint density at radius 1 is 1.12 bits per heavy atom. The van der Waals surface area contributed by atoms with Crippen LogP contribution in [0.3, 0.4) is 0 Å². The second-order valence-corrected chi connectivity index (χ2v) is 10.4. The smallest absolute Gasteiger partial charge is 0.298 e. The number of amides is 1. The van der Waals surface area contributed by atoms with E-state index in [1.54, 1.807) is 25.3 Å². The van der Waals surface area contributed by atoms with Gasteiger partial charge in [0.1, 0.15) is 6.33 Å². The van der Waals surface area contributed by atoms with Gasteiger partial charge in [-0.15, -0.1) is 0 Å². The number of anilines is 1. The number of aromatic nitrogens is 4. The highest BCUT2D eigenvalue weighted by Gasteiger charge is 2.24. The molecule has 2 aromatic heterocycles. The third kappa shape index (κ3) is 6.15. The molecule has 42 heavy (non-hydrogen) atoms. The molecule has 0 aliphatic carbocycles. The van der Waals surface area contributed by atoms with Crippen molar-refractivity contribution in [3.05, 3.63) is 86.5 Å². The first kappa shape index (κ1) is 29.6. The van der Waals surface area contributed by atoms with Crippen molar-refractivity contribution in [1.29, 1.82) is 0 Å². The van der Waals surface area contributed by atoms with Crippen molar-refractivity contribution < 1.29 is 19.4 Å². The molecule has 5 rings (SSSR count). The van der Waals surface area contributed by atoms with E-state index in [4.69, 9.17) is 37.7 Å². The minimum Gasteiger partial charge on any atom is -0.481 e. The predicted molar refractivity (Wildman–Crippen MR) is 159 cm³/mol. The van der Waals surface area contributed by atoms with Gasteiger partial charge < -0.3 is 25.2 Å². The first-order valence-electron chi connectivity index (χ1n) is 13.1. The maximum Gasteiger partial charge on any atom is 0.298 e. The summed E-state index contributed by atoms with van der Waals surface area (Å²) in [5.74, 6) is -0.282. The normalized spacial score (nSPS) is 16.7. The van der Waals surface area contributed by atoms with E-state index in [0.717, 1.165) is 16.6 Å². The largest absolute Gasteiger partial charge is 0.481 e. The molecule has 2 aromatic carbocycles. The van der Waals surface area contributed by atoms with Gasteiger partial charge in [-0.2, -0.15) is 5.10 Å². The van der Waals surface area contributed by atoms with E-state index in [0.29, 0.717) is 59.5 Å². The van der Waals surface area contributed by atoms with Crippen molar-refractivity contribution in [2.24, 2.45) is 7.05 Å². The average Bonchev–Trinajstić information content (AvgIpc) is 2.99. The van der Waals surface area contributed by atoms with Crippen LogP contribution >= 0.6 is 23.2 Å². The lowest BCUT2D eigenvalue weighted by Gasteiger charge is -2.28. The SMILES string of the molecule is COc1nc(-c2cccc(-c3cccc(NC(=O)c4ncnn(C)c4=O)c3Cl)c2Cl)ccc1CN[C@@H]1CCOC[C@H]1O. The predicted octanol–water partition coefficient (Wildman–Crippen LogP) is 3.71. The molecule has 1 aliphatic rings. The number of pyridine rings is 1. The van der Waals surface area contributed by atoms with Gasteiger partial charge >= 0.3 is 0 Å². The fourth-order valence-corrected chi connectivity index (χ4v) is 5.27. The summed E-state index contributed by atoms with van der Waals surface area (Å²) in [6, 6.07) is 14.3. The van der Waals surface area contributed by atoms with Gasteiger partial charge in [-0.3, -0.25) is 9.59 Å². The summed E-state index contributed by atoms with van der Waals surface area (Å²) in [6.45, 7) is 1.36. The van der Waals surface area contributed by atoms with Crippen LogP contribution in [0.4, 0.5) is 5.69 Å². The van der Waals surface area contributed by atoms with Gasteiger partial charge in [0, 0.05) is 48.5 Å².